The molecule has 0 fully saturated rings. The van der Waals surface area contributed by atoms with Gasteiger partial charge < -0.3 is 9.47 Å². The summed E-state index contributed by atoms with van der Waals surface area (Å²) in [4.78, 5) is 17.0. The molecule has 2 aromatic carbocycles. The molecule has 0 bridgehead atoms. The SMILES string of the molecule is COc1ccc(C(=O)CCc2ccc3ccccc3n2)cc1OC. The lowest BCUT2D eigenvalue weighted by Gasteiger charge is -2.09. The molecule has 0 saturated heterocycles. The van der Waals surface area contributed by atoms with Crippen LogP contribution >= 0.6 is 0 Å². The van der Waals surface area contributed by atoms with E-state index in [-0.39, 0.29) is 5.78 Å². The number of para-hydroxylation sites is 1. The number of pyridine rings is 1. The van der Waals surface area contributed by atoms with Crippen LogP contribution in [0.5, 0.6) is 11.5 Å². The first-order valence-electron chi connectivity index (χ1n) is 7.81. The Labute approximate surface area is 141 Å². The molecule has 0 saturated carbocycles. The fraction of sp³-hybridized carbons (Fsp3) is 0.200. The van der Waals surface area contributed by atoms with Gasteiger partial charge in [-0.3, -0.25) is 9.78 Å². The predicted molar refractivity (Wildman–Crippen MR) is 93.9 cm³/mol. The Morgan fingerprint density at radius 3 is 2.54 bits per heavy atom. The van der Waals surface area contributed by atoms with E-state index >= 15 is 0 Å². The van der Waals surface area contributed by atoms with Crippen molar-refractivity contribution in [2.24, 2.45) is 0 Å². The molecule has 0 aliphatic carbocycles. The van der Waals surface area contributed by atoms with Crippen LogP contribution in [-0.4, -0.2) is 25.0 Å². The Morgan fingerprint density at radius 2 is 1.75 bits per heavy atom. The first-order chi connectivity index (χ1) is 11.7. The Balaban J connectivity index is 1.72. The number of fused-ring (bicyclic) bond motifs is 1. The number of aromatic nitrogens is 1. The number of Topliss-reactive ketones (excluding diaryl/α,β-unsaturated/α-hetero) is 1. The maximum absolute atomic E-state index is 12.4. The highest BCUT2D eigenvalue weighted by atomic mass is 16.5. The van der Waals surface area contributed by atoms with Crippen LogP contribution in [0.25, 0.3) is 10.9 Å². The van der Waals surface area contributed by atoms with Crippen molar-refractivity contribution in [3.63, 3.8) is 0 Å². The third kappa shape index (κ3) is 3.38. The van der Waals surface area contributed by atoms with Gasteiger partial charge in [-0.2, -0.15) is 0 Å². The third-order valence-corrected chi connectivity index (χ3v) is 3.97. The highest BCUT2D eigenvalue weighted by molar-refractivity contribution is 5.96. The van der Waals surface area contributed by atoms with Gasteiger partial charge in [0, 0.05) is 23.1 Å². The van der Waals surface area contributed by atoms with Gasteiger partial charge in [-0.25, -0.2) is 0 Å². The summed E-state index contributed by atoms with van der Waals surface area (Å²) in [6.45, 7) is 0. The Bertz CT molecular complexity index is 874. The maximum Gasteiger partial charge on any atom is 0.163 e. The van der Waals surface area contributed by atoms with Crippen LogP contribution in [0.3, 0.4) is 0 Å². The monoisotopic (exact) mass is 321 g/mol. The number of hydrogen-bond donors (Lipinski definition) is 0. The van der Waals surface area contributed by atoms with E-state index in [1.54, 1.807) is 32.4 Å². The summed E-state index contributed by atoms with van der Waals surface area (Å²) in [6, 6.07) is 17.2. The first-order valence-corrected chi connectivity index (χ1v) is 7.81. The molecule has 1 aromatic heterocycles. The van der Waals surface area contributed by atoms with Crippen molar-refractivity contribution in [1.29, 1.82) is 0 Å². The fourth-order valence-corrected chi connectivity index (χ4v) is 2.64. The largest absolute Gasteiger partial charge is 0.493 e. The summed E-state index contributed by atoms with van der Waals surface area (Å²) >= 11 is 0. The highest BCUT2D eigenvalue weighted by Crippen LogP contribution is 2.28. The maximum atomic E-state index is 12.4. The van der Waals surface area contributed by atoms with E-state index in [2.05, 4.69) is 4.98 Å². The van der Waals surface area contributed by atoms with Gasteiger partial charge in [-0.1, -0.05) is 24.3 Å². The summed E-state index contributed by atoms with van der Waals surface area (Å²) in [6.07, 6.45) is 1.01. The number of nitrogens with zero attached hydrogens (tertiary/aromatic N) is 1. The lowest BCUT2D eigenvalue weighted by molar-refractivity contribution is 0.0982. The number of methoxy groups -OCH3 is 2. The zero-order valence-corrected chi connectivity index (χ0v) is 13.8. The second kappa shape index (κ2) is 7.13. The minimum Gasteiger partial charge on any atom is -0.493 e. The molecular weight excluding hydrogens is 302 g/mol. The average molecular weight is 321 g/mol. The lowest BCUT2D eigenvalue weighted by atomic mass is 10.0. The van der Waals surface area contributed by atoms with Gasteiger partial charge in [0.05, 0.1) is 19.7 Å². The molecule has 0 atom stereocenters. The lowest BCUT2D eigenvalue weighted by Crippen LogP contribution is -2.03. The Morgan fingerprint density at radius 1 is 0.958 bits per heavy atom. The number of rotatable bonds is 6. The third-order valence-electron chi connectivity index (χ3n) is 3.97. The second-order valence-electron chi connectivity index (χ2n) is 5.49. The molecule has 0 unspecified atom stereocenters. The minimum absolute atomic E-state index is 0.0610. The van der Waals surface area contributed by atoms with Crippen molar-refractivity contribution >= 4 is 16.7 Å². The summed E-state index contributed by atoms with van der Waals surface area (Å²) in [5.74, 6) is 1.24. The molecule has 0 aliphatic heterocycles. The molecule has 24 heavy (non-hydrogen) atoms. The van der Waals surface area contributed by atoms with Crippen LogP contribution < -0.4 is 9.47 Å². The van der Waals surface area contributed by atoms with Crippen LogP contribution in [0.4, 0.5) is 0 Å². The number of carbonyl (C=O) groups is 1. The van der Waals surface area contributed by atoms with Gasteiger partial charge in [0.2, 0.25) is 0 Å². The van der Waals surface area contributed by atoms with Crippen LogP contribution in [0.15, 0.2) is 54.6 Å². The van der Waals surface area contributed by atoms with Gasteiger partial charge in [-0.15, -0.1) is 0 Å². The number of carbonyl (C=O) groups excluding carboxylic acids is 1. The van der Waals surface area contributed by atoms with E-state index in [1.165, 1.54) is 0 Å². The number of benzene rings is 2. The van der Waals surface area contributed by atoms with Crippen molar-refractivity contribution < 1.29 is 14.3 Å². The molecular formula is C20H19NO3. The summed E-state index contributed by atoms with van der Waals surface area (Å²) in [5.41, 5.74) is 2.49. The van der Waals surface area contributed by atoms with Crippen molar-refractivity contribution in [2.45, 2.75) is 12.8 Å². The molecule has 3 aromatic rings. The molecule has 0 amide bonds. The molecule has 122 valence electrons. The van der Waals surface area contributed by atoms with E-state index in [0.717, 1.165) is 16.6 Å². The van der Waals surface area contributed by atoms with Crippen molar-refractivity contribution in [1.82, 2.24) is 4.98 Å². The average Bonchev–Trinajstić information content (AvgIpc) is 2.65. The van der Waals surface area contributed by atoms with Gasteiger partial charge >= 0.3 is 0 Å². The van der Waals surface area contributed by atoms with Crippen LogP contribution in [0.2, 0.25) is 0 Å². The van der Waals surface area contributed by atoms with Crippen molar-refractivity contribution in [2.75, 3.05) is 14.2 Å². The highest BCUT2D eigenvalue weighted by Gasteiger charge is 2.11. The second-order valence-corrected chi connectivity index (χ2v) is 5.49. The predicted octanol–water partition coefficient (Wildman–Crippen LogP) is 4.07. The van der Waals surface area contributed by atoms with Crippen LogP contribution in [0.1, 0.15) is 22.5 Å². The van der Waals surface area contributed by atoms with E-state index in [1.807, 2.05) is 36.4 Å². The summed E-state index contributed by atoms with van der Waals surface area (Å²) in [5, 5.41) is 1.10. The van der Waals surface area contributed by atoms with Crippen molar-refractivity contribution in [3.8, 4) is 11.5 Å². The number of hydrogen-bond acceptors (Lipinski definition) is 4. The molecule has 1 heterocycles. The van der Waals surface area contributed by atoms with E-state index in [4.69, 9.17) is 9.47 Å². The number of ether oxygens (including phenoxy) is 2. The van der Waals surface area contributed by atoms with Crippen LogP contribution in [0, 0.1) is 0 Å². The zero-order chi connectivity index (χ0) is 16.9. The first kappa shape index (κ1) is 16.0. The van der Waals surface area contributed by atoms with E-state index < -0.39 is 0 Å². The summed E-state index contributed by atoms with van der Waals surface area (Å²) < 4.78 is 10.4. The summed E-state index contributed by atoms with van der Waals surface area (Å²) in [7, 11) is 3.13. The van der Waals surface area contributed by atoms with Gasteiger partial charge in [0.15, 0.2) is 17.3 Å². The number of ketones is 1. The molecule has 0 radical (unpaired) electrons. The van der Waals surface area contributed by atoms with Gasteiger partial charge in [0.25, 0.3) is 0 Å². The smallest absolute Gasteiger partial charge is 0.163 e. The molecule has 4 heteroatoms. The van der Waals surface area contributed by atoms with Crippen LogP contribution in [-0.2, 0) is 6.42 Å². The quantitative estimate of drug-likeness (QED) is 0.642. The molecule has 0 aliphatic rings. The topological polar surface area (TPSA) is 48.4 Å². The van der Waals surface area contributed by atoms with E-state index in [0.29, 0.717) is 29.9 Å². The van der Waals surface area contributed by atoms with Gasteiger partial charge in [-0.05, 0) is 36.8 Å². The molecule has 0 N–H and O–H groups in total. The Hall–Kier alpha value is -2.88. The zero-order valence-electron chi connectivity index (χ0n) is 13.8. The van der Waals surface area contributed by atoms with Crippen molar-refractivity contribution in [3.05, 3.63) is 65.9 Å². The number of aryl methyl sites for hydroxylation is 1. The standard InChI is InChI=1S/C20H19NO3/c1-23-19-12-8-15(13-20(19)24-2)18(22)11-10-16-9-7-14-5-3-4-6-17(14)21-16/h3-9,12-13H,10-11H2,1-2H3. The normalized spacial score (nSPS) is 10.6. The molecule has 0 spiro atoms. The fourth-order valence-electron chi connectivity index (χ4n) is 2.64. The van der Waals surface area contributed by atoms with Gasteiger partial charge in [0.1, 0.15) is 0 Å². The van der Waals surface area contributed by atoms with E-state index in [9.17, 15) is 4.79 Å². The molecule has 4 nitrogen and oxygen atoms in total. The molecule has 3 rings (SSSR count). The minimum atomic E-state index is 0.0610. The Kier molecular flexibility index (Phi) is 4.75.